The zero-order chi connectivity index (χ0) is 17.6. The number of hydrogen-bond acceptors (Lipinski definition) is 3. The highest BCUT2D eigenvalue weighted by Crippen LogP contribution is 2.44. The van der Waals surface area contributed by atoms with Crippen molar-refractivity contribution in [2.45, 2.75) is 31.7 Å². The van der Waals surface area contributed by atoms with E-state index in [9.17, 15) is 14.7 Å². The number of hydrogen-bond donors (Lipinski definition) is 2. The molecule has 6 heteroatoms. The summed E-state index contributed by atoms with van der Waals surface area (Å²) in [7, 11) is 0. The second-order valence-electron chi connectivity index (χ2n) is 6.61. The van der Waals surface area contributed by atoms with Crippen LogP contribution < -0.4 is 10.1 Å². The van der Waals surface area contributed by atoms with Crippen LogP contribution in [0.15, 0.2) is 48.5 Å². The first kappa shape index (κ1) is 15.5. The van der Waals surface area contributed by atoms with Crippen molar-refractivity contribution in [3.05, 3.63) is 65.2 Å². The van der Waals surface area contributed by atoms with Crippen LogP contribution in [0.1, 0.15) is 40.9 Å². The van der Waals surface area contributed by atoms with Crippen LogP contribution in [0.4, 0.5) is 4.79 Å². The highest BCUT2D eigenvalue weighted by Gasteiger charge is 2.49. The van der Waals surface area contributed by atoms with Gasteiger partial charge < -0.3 is 15.2 Å². The maximum Gasteiger partial charge on any atom is 0.335 e. The van der Waals surface area contributed by atoms with E-state index < -0.39 is 11.7 Å². The van der Waals surface area contributed by atoms with E-state index in [1.807, 2.05) is 37.3 Å². The lowest BCUT2D eigenvalue weighted by Crippen LogP contribution is -2.64. The van der Waals surface area contributed by atoms with Crippen LogP contribution in [0, 0.1) is 0 Å². The molecule has 0 aromatic heterocycles. The first-order valence-electron chi connectivity index (χ1n) is 8.14. The summed E-state index contributed by atoms with van der Waals surface area (Å²) in [4.78, 5) is 25.6. The first-order chi connectivity index (χ1) is 12.0. The molecule has 0 spiro atoms. The Kier molecular flexibility index (Phi) is 3.42. The molecular formula is C19H18N2O4. The molecule has 2 N–H and O–H groups in total. The molecule has 2 aliphatic heterocycles. The van der Waals surface area contributed by atoms with Crippen LogP contribution in [-0.4, -0.2) is 27.7 Å². The molecule has 1 fully saturated rings. The van der Waals surface area contributed by atoms with Crippen molar-refractivity contribution >= 4 is 12.0 Å². The van der Waals surface area contributed by atoms with E-state index in [1.165, 1.54) is 6.07 Å². The Morgan fingerprint density at radius 2 is 2.08 bits per heavy atom. The van der Waals surface area contributed by atoms with Crippen molar-refractivity contribution in [2.24, 2.45) is 0 Å². The monoisotopic (exact) mass is 338 g/mol. The fraction of sp³-hybridized carbons (Fsp3) is 0.263. The SMILES string of the molecule is C[C@]12C[C@@H](NC(=O)N1Cc1ccccc1)c1cc(C(=O)O)ccc1O2. The minimum absolute atomic E-state index is 0.187. The van der Waals surface area contributed by atoms with E-state index in [4.69, 9.17) is 4.74 Å². The third kappa shape index (κ3) is 2.59. The average molecular weight is 338 g/mol. The number of benzene rings is 2. The lowest BCUT2D eigenvalue weighted by atomic mass is 9.89. The van der Waals surface area contributed by atoms with Crippen molar-refractivity contribution in [2.75, 3.05) is 0 Å². The summed E-state index contributed by atoms with van der Waals surface area (Å²) in [6.45, 7) is 2.34. The van der Waals surface area contributed by atoms with Crippen LogP contribution in [-0.2, 0) is 6.54 Å². The molecule has 0 aliphatic carbocycles. The molecule has 1 saturated heterocycles. The zero-order valence-electron chi connectivity index (χ0n) is 13.7. The molecule has 128 valence electrons. The first-order valence-corrected chi connectivity index (χ1v) is 8.14. The molecule has 2 heterocycles. The van der Waals surface area contributed by atoms with Gasteiger partial charge in [-0.3, -0.25) is 4.90 Å². The molecule has 2 amide bonds. The summed E-state index contributed by atoms with van der Waals surface area (Å²) in [5.74, 6) is -0.384. The van der Waals surface area contributed by atoms with E-state index in [0.717, 1.165) is 5.56 Å². The van der Waals surface area contributed by atoms with Gasteiger partial charge >= 0.3 is 12.0 Å². The summed E-state index contributed by atoms with van der Waals surface area (Å²) in [6, 6.07) is 14.1. The van der Waals surface area contributed by atoms with Gasteiger partial charge in [-0.05, 0) is 30.7 Å². The van der Waals surface area contributed by atoms with Gasteiger partial charge in [0.1, 0.15) is 5.75 Å². The molecule has 6 nitrogen and oxygen atoms in total. The molecule has 25 heavy (non-hydrogen) atoms. The van der Waals surface area contributed by atoms with Gasteiger partial charge in [0.2, 0.25) is 0 Å². The van der Waals surface area contributed by atoms with E-state index in [-0.39, 0.29) is 17.6 Å². The van der Waals surface area contributed by atoms with Crippen LogP contribution in [0.3, 0.4) is 0 Å². The zero-order valence-corrected chi connectivity index (χ0v) is 13.7. The van der Waals surface area contributed by atoms with Crippen LogP contribution in [0.5, 0.6) is 5.75 Å². The number of aromatic carboxylic acids is 1. The van der Waals surface area contributed by atoms with Crippen molar-refractivity contribution < 1.29 is 19.4 Å². The van der Waals surface area contributed by atoms with Gasteiger partial charge in [0, 0.05) is 12.0 Å². The number of fused-ring (bicyclic) bond motifs is 4. The lowest BCUT2D eigenvalue weighted by Gasteiger charge is -2.50. The Labute approximate surface area is 145 Å². The van der Waals surface area contributed by atoms with Gasteiger partial charge in [-0.2, -0.15) is 0 Å². The smallest absolute Gasteiger partial charge is 0.335 e. The van der Waals surface area contributed by atoms with E-state index in [0.29, 0.717) is 24.3 Å². The van der Waals surface area contributed by atoms with E-state index in [1.54, 1.807) is 17.0 Å². The molecule has 4 rings (SSSR count). The van der Waals surface area contributed by atoms with Gasteiger partial charge in [-0.15, -0.1) is 0 Å². The predicted molar refractivity (Wildman–Crippen MR) is 90.3 cm³/mol. The Balaban J connectivity index is 1.69. The van der Waals surface area contributed by atoms with Crippen molar-refractivity contribution in [1.29, 1.82) is 0 Å². The van der Waals surface area contributed by atoms with Crippen LogP contribution in [0.2, 0.25) is 0 Å². The quantitative estimate of drug-likeness (QED) is 0.901. The number of carboxylic acids is 1. The van der Waals surface area contributed by atoms with E-state index >= 15 is 0 Å². The number of amides is 2. The minimum atomic E-state index is -0.996. The number of carbonyl (C=O) groups excluding carboxylic acids is 1. The maximum atomic E-state index is 12.7. The van der Waals surface area contributed by atoms with Crippen molar-refractivity contribution in [3.63, 3.8) is 0 Å². The minimum Gasteiger partial charge on any atom is -0.478 e. The molecule has 2 bridgehead atoms. The number of ether oxygens (including phenoxy) is 1. The van der Waals surface area contributed by atoms with Gasteiger partial charge in [0.25, 0.3) is 0 Å². The molecular weight excluding hydrogens is 320 g/mol. The van der Waals surface area contributed by atoms with Crippen LogP contribution in [0.25, 0.3) is 0 Å². The van der Waals surface area contributed by atoms with Crippen molar-refractivity contribution in [1.82, 2.24) is 10.2 Å². The normalized spacial score (nSPS) is 24.1. The third-order valence-electron chi connectivity index (χ3n) is 4.84. The molecule has 2 aromatic carbocycles. The Morgan fingerprint density at radius 1 is 1.32 bits per heavy atom. The van der Waals surface area contributed by atoms with Gasteiger partial charge in [-0.25, -0.2) is 9.59 Å². The lowest BCUT2D eigenvalue weighted by molar-refractivity contribution is -0.0879. The standard InChI is InChI=1S/C19H18N2O4/c1-19-10-15(14-9-13(17(22)23)7-8-16(14)25-19)20-18(24)21(19)11-12-5-3-2-4-6-12/h2-9,15H,10-11H2,1H3,(H,20,24)(H,22,23)/t15-,19+/m1/s1. The second kappa shape index (κ2) is 5.51. The summed E-state index contributed by atoms with van der Waals surface area (Å²) in [6.07, 6.45) is 0.557. The summed E-state index contributed by atoms with van der Waals surface area (Å²) < 4.78 is 6.15. The Bertz CT molecular complexity index is 852. The van der Waals surface area contributed by atoms with Gasteiger partial charge in [-0.1, -0.05) is 30.3 Å². The largest absolute Gasteiger partial charge is 0.478 e. The number of urea groups is 1. The molecule has 2 aromatic rings. The molecule has 2 aliphatic rings. The highest BCUT2D eigenvalue weighted by molar-refractivity contribution is 5.88. The number of carbonyl (C=O) groups is 2. The fourth-order valence-electron chi connectivity index (χ4n) is 3.55. The third-order valence-corrected chi connectivity index (χ3v) is 4.84. The highest BCUT2D eigenvalue weighted by atomic mass is 16.5. The predicted octanol–water partition coefficient (Wildman–Crippen LogP) is 3.15. The molecule has 0 unspecified atom stereocenters. The Morgan fingerprint density at radius 3 is 2.80 bits per heavy atom. The summed E-state index contributed by atoms with van der Waals surface area (Å²) in [5, 5.41) is 12.2. The summed E-state index contributed by atoms with van der Waals surface area (Å²) in [5.41, 5.74) is 1.14. The summed E-state index contributed by atoms with van der Waals surface area (Å²) >= 11 is 0. The van der Waals surface area contributed by atoms with E-state index in [2.05, 4.69) is 5.32 Å². The van der Waals surface area contributed by atoms with Gasteiger partial charge in [0.05, 0.1) is 18.2 Å². The molecule has 0 saturated carbocycles. The molecule has 2 atom stereocenters. The fourth-order valence-corrected chi connectivity index (χ4v) is 3.55. The number of nitrogens with one attached hydrogen (secondary N) is 1. The Hall–Kier alpha value is -3.02. The number of carboxylic acid groups (broad SMARTS) is 1. The van der Waals surface area contributed by atoms with Gasteiger partial charge in [0.15, 0.2) is 5.72 Å². The number of nitrogens with zero attached hydrogens (tertiary/aromatic N) is 1. The van der Waals surface area contributed by atoms with Crippen LogP contribution >= 0.6 is 0 Å². The maximum absolute atomic E-state index is 12.7. The second-order valence-corrected chi connectivity index (χ2v) is 6.61. The number of rotatable bonds is 3. The molecule has 0 radical (unpaired) electrons. The topological polar surface area (TPSA) is 78.9 Å². The average Bonchev–Trinajstić information content (AvgIpc) is 2.59. The van der Waals surface area contributed by atoms with Crippen molar-refractivity contribution in [3.8, 4) is 5.75 Å².